The molecule has 0 aliphatic heterocycles. The summed E-state index contributed by atoms with van der Waals surface area (Å²) in [5.74, 6) is 0. The summed E-state index contributed by atoms with van der Waals surface area (Å²) >= 11 is 1.74. The van der Waals surface area contributed by atoms with Crippen molar-refractivity contribution in [1.82, 2.24) is 0 Å². The standard InChI is InChI=1S/2C10H15.C2H6Si.2ClH.Zr/c2*1-8-6-5-7-9(8)10(2,3)4;1-3-2;;;/h2*7H,5H2,1-4H3;1-2H3;2*1H;/q2*-1;;;;+2/p-2. The van der Waals surface area contributed by atoms with Gasteiger partial charge in [0.15, 0.2) is 0 Å². The van der Waals surface area contributed by atoms with Crippen LogP contribution in [0.15, 0.2) is 34.4 Å². The fourth-order valence-corrected chi connectivity index (χ4v) is 2.85. The Hall–Kier alpha value is 0.640. The molecule has 0 aromatic heterocycles. The Morgan fingerprint density at radius 1 is 0.769 bits per heavy atom. The molecule has 0 amide bonds. The van der Waals surface area contributed by atoms with Crippen LogP contribution < -0.4 is 24.8 Å². The van der Waals surface area contributed by atoms with E-state index in [0.29, 0.717) is 10.8 Å². The number of hydrogen-bond donors (Lipinski definition) is 0. The van der Waals surface area contributed by atoms with E-state index >= 15 is 0 Å². The topological polar surface area (TPSA) is 0 Å². The van der Waals surface area contributed by atoms with E-state index in [4.69, 9.17) is 0 Å². The third-order valence-corrected chi connectivity index (χ3v) is 3.77. The average Bonchev–Trinajstić information content (AvgIpc) is 2.95. The quantitative estimate of drug-likeness (QED) is 0.351. The fourth-order valence-electron chi connectivity index (χ4n) is 2.85. The Labute approximate surface area is 191 Å². The van der Waals surface area contributed by atoms with Gasteiger partial charge in [0.05, 0.1) is 0 Å². The largest absolute Gasteiger partial charge is 1.00 e. The first-order chi connectivity index (χ1) is 10.8. The van der Waals surface area contributed by atoms with Crippen LogP contribution in [0.1, 0.15) is 68.2 Å². The van der Waals surface area contributed by atoms with Crippen molar-refractivity contribution < 1.29 is 48.1 Å². The van der Waals surface area contributed by atoms with Crippen LogP contribution in [0.3, 0.4) is 0 Å². The van der Waals surface area contributed by atoms with Gasteiger partial charge < -0.3 is 24.8 Å². The van der Waals surface area contributed by atoms with E-state index < -0.39 is 0 Å². The Morgan fingerprint density at radius 3 is 1.08 bits per heavy atom. The van der Waals surface area contributed by atoms with E-state index in [1.807, 2.05) is 0 Å². The average molecular weight is 491 g/mol. The van der Waals surface area contributed by atoms with Crippen LogP contribution in [0.5, 0.6) is 0 Å². The molecule has 0 unspecified atom stereocenters. The minimum absolute atomic E-state index is 0. The first-order valence-electron chi connectivity index (χ1n) is 8.85. The van der Waals surface area contributed by atoms with Crippen LogP contribution in [0, 0.1) is 23.0 Å². The second-order valence-electron chi connectivity index (χ2n) is 8.75. The molecule has 0 radical (unpaired) electrons. The zero-order valence-electron chi connectivity index (χ0n) is 18.3. The number of halogens is 2. The van der Waals surface area contributed by atoms with Gasteiger partial charge in [0.2, 0.25) is 0 Å². The van der Waals surface area contributed by atoms with Crippen molar-refractivity contribution in [1.29, 1.82) is 0 Å². The Bertz CT molecular complexity index is 518. The number of allylic oxidation sites excluding steroid dienone is 8. The molecule has 0 aromatic rings. The zero-order valence-corrected chi connectivity index (χ0v) is 23.3. The maximum Gasteiger partial charge on any atom is -1.00 e. The zero-order chi connectivity index (χ0) is 19.1. The second kappa shape index (κ2) is 13.8. The van der Waals surface area contributed by atoms with E-state index in [0.717, 1.165) is 12.8 Å². The van der Waals surface area contributed by atoms with Crippen molar-refractivity contribution in [2.24, 2.45) is 10.8 Å². The maximum absolute atomic E-state index is 3.30. The predicted octanol–water partition coefficient (Wildman–Crippen LogP) is 1.02. The molecule has 0 aromatic carbocycles. The van der Waals surface area contributed by atoms with E-state index in [-0.39, 0.29) is 30.2 Å². The Morgan fingerprint density at radius 2 is 1.00 bits per heavy atom. The number of rotatable bonds is 0. The normalized spacial score (nSPS) is 15.5. The predicted molar refractivity (Wildman–Crippen MR) is 107 cm³/mol. The molecule has 0 atom stereocenters. The monoisotopic (exact) mass is 488 g/mol. The molecular weight excluding hydrogens is 454 g/mol. The molecule has 0 nitrogen and oxygen atoms in total. The fraction of sp³-hybridized carbons (Fsp3) is 0.636. The summed E-state index contributed by atoms with van der Waals surface area (Å²) in [5, 5.41) is 0. The van der Waals surface area contributed by atoms with Gasteiger partial charge >= 0.3 is 41.9 Å². The van der Waals surface area contributed by atoms with Gasteiger partial charge in [-0.05, 0) is 0 Å². The molecular formula is C22H36Cl2SiZr-2. The van der Waals surface area contributed by atoms with Gasteiger partial charge in [-0.25, -0.2) is 11.1 Å². The van der Waals surface area contributed by atoms with Crippen molar-refractivity contribution in [3.8, 4) is 0 Å². The van der Waals surface area contributed by atoms with Gasteiger partial charge in [0.1, 0.15) is 0 Å². The van der Waals surface area contributed by atoms with Gasteiger partial charge in [-0.3, -0.25) is 12.2 Å². The van der Waals surface area contributed by atoms with Gasteiger partial charge in [-0.2, -0.15) is 23.3 Å². The molecule has 0 fully saturated rings. The maximum atomic E-state index is 3.30. The number of hydrogen-bond acceptors (Lipinski definition) is 0. The molecule has 0 N–H and O–H groups in total. The first-order valence-corrected chi connectivity index (χ1v) is 15.0. The molecule has 148 valence electrons. The Kier molecular flexibility index (Phi) is 16.6. The minimum Gasteiger partial charge on any atom is -1.00 e. The molecule has 0 spiro atoms. The van der Waals surface area contributed by atoms with Gasteiger partial charge in [-0.15, -0.1) is 12.8 Å². The summed E-state index contributed by atoms with van der Waals surface area (Å²) in [7, 11) is 0. The van der Waals surface area contributed by atoms with Gasteiger partial charge in [-0.1, -0.05) is 66.2 Å². The molecule has 2 aliphatic rings. The van der Waals surface area contributed by atoms with E-state index in [1.54, 1.807) is 23.3 Å². The summed E-state index contributed by atoms with van der Waals surface area (Å²) in [4.78, 5) is 0. The summed E-state index contributed by atoms with van der Waals surface area (Å²) < 4.78 is 0. The van der Waals surface area contributed by atoms with Crippen LogP contribution in [-0.4, -0.2) is 5.43 Å². The van der Waals surface area contributed by atoms with Gasteiger partial charge in [0.25, 0.3) is 0 Å². The third-order valence-electron chi connectivity index (χ3n) is 3.77. The SMILES string of the molecule is CC1=[C-]CC=C1C(C)(C)C.CC1=[C-]CC=C1C(C)(C)C.C[Si](C)=[Zr+2].[Cl-].[Cl-]. The molecule has 0 bridgehead atoms. The molecule has 26 heavy (non-hydrogen) atoms. The summed E-state index contributed by atoms with van der Waals surface area (Å²) in [5.41, 5.74) is 6.45. The van der Waals surface area contributed by atoms with Gasteiger partial charge in [0, 0.05) is 0 Å². The van der Waals surface area contributed by atoms with E-state index in [2.05, 4.69) is 92.8 Å². The van der Waals surface area contributed by atoms with Crippen LogP contribution in [0.25, 0.3) is 0 Å². The van der Waals surface area contributed by atoms with Crippen LogP contribution >= 0.6 is 0 Å². The summed E-state index contributed by atoms with van der Waals surface area (Å²) in [6.45, 7) is 22.4. The first kappa shape index (κ1) is 31.3. The minimum atomic E-state index is 0. The molecule has 0 saturated carbocycles. The Balaban J connectivity index is -0.000000319. The summed E-state index contributed by atoms with van der Waals surface area (Å²) in [6.07, 6.45) is 13.2. The van der Waals surface area contributed by atoms with Crippen molar-refractivity contribution in [3.63, 3.8) is 0 Å². The smallest absolute Gasteiger partial charge is 1.00 e. The molecule has 0 saturated heterocycles. The van der Waals surface area contributed by atoms with E-state index in [1.165, 1.54) is 22.3 Å². The molecule has 4 heteroatoms. The van der Waals surface area contributed by atoms with Crippen molar-refractivity contribution >= 4 is 5.43 Å². The van der Waals surface area contributed by atoms with Crippen LogP contribution in [-0.2, 0) is 23.3 Å². The molecule has 2 rings (SSSR count). The summed E-state index contributed by atoms with van der Waals surface area (Å²) in [6, 6.07) is 0. The van der Waals surface area contributed by atoms with E-state index in [9.17, 15) is 0 Å². The molecule has 0 heterocycles. The van der Waals surface area contributed by atoms with Crippen LogP contribution in [0.4, 0.5) is 0 Å². The third kappa shape index (κ3) is 12.9. The second-order valence-corrected chi connectivity index (χ2v) is 18.1. The molecule has 2 aliphatic carbocycles. The van der Waals surface area contributed by atoms with Crippen LogP contribution in [0.2, 0.25) is 13.1 Å². The van der Waals surface area contributed by atoms with Crippen molar-refractivity contribution in [2.45, 2.75) is 81.3 Å². The van der Waals surface area contributed by atoms with Crippen molar-refractivity contribution in [2.75, 3.05) is 0 Å². The van der Waals surface area contributed by atoms with Crippen molar-refractivity contribution in [3.05, 3.63) is 46.6 Å².